The summed E-state index contributed by atoms with van der Waals surface area (Å²) in [4.78, 5) is 14.0. The number of carbonyl (C=O) groups excluding carboxylic acids is 1. The molecule has 0 bridgehead atoms. The molecule has 0 radical (unpaired) electrons. The Balaban J connectivity index is 2.76. The third kappa shape index (κ3) is 3.10. The zero-order valence-electron chi connectivity index (χ0n) is 11.3. The van der Waals surface area contributed by atoms with Gasteiger partial charge in [0.25, 0.3) is 0 Å². The average molecular weight is 223 g/mol. The van der Waals surface area contributed by atoms with Crippen LogP contribution >= 0.6 is 0 Å². The summed E-state index contributed by atoms with van der Waals surface area (Å²) in [5.74, 6) is 0.617. The normalized spacial score (nSPS) is 22.7. The predicted octanol–water partition coefficient (Wildman–Crippen LogP) is 3.24. The quantitative estimate of drug-likeness (QED) is 0.673. The van der Waals surface area contributed by atoms with Crippen LogP contribution in [0.2, 0.25) is 0 Å². The van der Waals surface area contributed by atoms with Crippen molar-refractivity contribution in [2.75, 3.05) is 6.54 Å². The highest BCUT2D eigenvalue weighted by molar-refractivity contribution is 5.79. The maximum absolute atomic E-state index is 12.0. The minimum Gasteiger partial charge on any atom is -0.337 e. The maximum Gasteiger partial charge on any atom is 0.223 e. The van der Waals surface area contributed by atoms with Gasteiger partial charge in [-0.15, -0.1) is 6.58 Å². The molecule has 0 spiro atoms. The second-order valence-corrected chi connectivity index (χ2v) is 6.75. The third-order valence-corrected chi connectivity index (χ3v) is 3.18. The molecule has 1 atom stereocenters. The monoisotopic (exact) mass is 223 g/mol. The minimum atomic E-state index is -0.0485. The van der Waals surface area contributed by atoms with Gasteiger partial charge in [-0.05, 0) is 25.7 Å². The first-order valence-corrected chi connectivity index (χ1v) is 6.09. The van der Waals surface area contributed by atoms with E-state index >= 15 is 0 Å². The fourth-order valence-electron chi connectivity index (χ4n) is 2.87. The van der Waals surface area contributed by atoms with Crippen LogP contribution in [-0.4, -0.2) is 22.9 Å². The van der Waals surface area contributed by atoms with Gasteiger partial charge in [0.1, 0.15) is 0 Å². The summed E-state index contributed by atoms with van der Waals surface area (Å²) in [7, 11) is 0. The summed E-state index contributed by atoms with van der Waals surface area (Å²) in [5.41, 5.74) is 0.198. The summed E-state index contributed by atoms with van der Waals surface area (Å²) in [6, 6.07) is 0. The summed E-state index contributed by atoms with van der Waals surface area (Å²) in [5, 5.41) is 0. The lowest BCUT2D eigenvalue weighted by Crippen LogP contribution is -2.47. The fraction of sp³-hybridized carbons (Fsp3) is 0.786. The highest BCUT2D eigenvalue weighted by Gasteiger charge is 2.39. The molecule has 1 saturated heterocycles. The van der Waals surface area contributed by atoms with E-state index in [2.05, 4.69) is 41.2 Å². The Labute approximate surface area is 99.7 Å². The largest absolute Gasteiger partial charge is 0.337 e. The molecule has 1 aliphatic heterocycles. The van der Waals surface area contributed by atoms with Crippen LogP contribution in [0.3, 0.4) is 0 Å². The van der Waals surface area contributed by atoms with Gasteiger partial charge in [0.2, 0.25) is 5.91 Å². The molecule has 0 aromatic heterocycles. The molecular weight excluding hydrogens is 198 g/mol. The highest BCUT2D eigenvalue weighted by atomic mass is 16.2. The number of hydrogen-bond acceptors (Lipinski definition) is 1. The Bertz CT molecular complexity index is 286. The van der Waals surface area contributed by atoms with E-state index in [-0.39, 0.29) is 16.9 Å². The zero-order valence-corrected chi connectivity index (χ0v) is 11.3. The van der Waals surface area contributed by atoms with E-state index in [1.165, 1.54) is 0 Å². The fourth-order valence-corrected chi connectivity index (χ4v) is 2.87. The second kappa shape index (κ2) is 4.23. The van der Waals surface area contributed by atoms with Crippen LogP contribution in [0.1, 0.15) is 47.5 Å². The molecule has 92 valence electrons. The number of rotatable bonds is 3. The van der Waals surface area contributed by atoms with E-state index in [1.54, 1.807) is 0 Å². The van der Waals surface area contributed by atoms with Gasteiger partial charge in [-0.2, -0.15) is 0 Å². The number of likely N-dealkylation sites (tertiary alicyclic amines) is 1. The standard InChI is InChI=1S/C14H25NO/c1-7-11-8-12(16)15(9-11)14(5,6)10-13(2,3)4/h7,11H,1,8-10H2,2-6H3. The molecule has 2 heteroatoms. The molecule has 0 N–H and O–H groups in total. The first-order valence-electron chi connectivity index (χ1n) is 6.09. The molecule has 0 saturated carbocycles. The third-order valence-electron chi connectivity index (χ3n) is 3.18. The molecule has 0 aliphatic carbocycles. The summed E-state index contributed by atoms with van der Waals surface area (Å²) in [6.07, 6.45) is 3.57. The van der Waals surface area contributed by atoms with E-state index in [0.717, 1.165) is 13.0 Å². The molecule has 1 heterocycles. The SMILES string of the molecule is C=CC1CC(=O)N(C(C)(C)CC(C)(C)C)C1. The van der Waals surface area contributed by atoms with Crippen LogP contribution < -0.4 is 0 Å². The molecule has 0 aromatic rings. The average Bonchev–Trinajstić information content (AvgIpc) is 2.43. The zero-order chi connectivity index (χ0) is 12.6. The van der Waals surface area contributed by atoms with Crippen molar-refractivity contribution in [1.82, 2.24) is 4.90 Å². The number of nitrogens with zero attached hydrogens (tertiary/aromatic N) is 1. The van der Waals surface area contributed by atoms with E-state index in [9.17, 15) is 4.79 Å². The maximum atomic E-state index is 12.0. The topological polar surface area (TPSA) is 20.3 Å². The number of amides is 1. The van der Waals surface area contributed by atoms with Crippen LogP contribution in [0.4, 0.5) is 0 Å². The van der Waals surface area contributed by atoms with E-state index < -0.39 is 0 Å². The van der Waals surface area contributed by atoms with Crippen molar-refractivity contribution in [3.8, 4) is 0 Å². The van der Waals surface area contributed by atoms with Crippen molar-refractivity contribution in [1.29, 1.82) is 0 Å². The molecule has 2 nitrogen and oxygen atoms in total. The lowest BCUT2D eigenvalue weighted by Gasteiger charge is -2.40. The van der Waals surface area contributed by atoms with Crippen LogP contribution in [0.25, 0.3) is 0 Å². The van der Waals surface area contributed by atoms with E-state index in [0.29, 0.717) is 12.3 Å². The first kappa shape index (κ1) is 13.3. The molecule has 1 unspecified atom stereocenters. The Hall–Kier alpha value is -0.790. The van der Waals surface area contributed by atoms with Gasteiger partial charge in [0, 0.05) is 24.4 Å². The minimum absolute atomic E-state index is 0.0485. The van der Waals surface area contributed by atoms with Crippen molar-refractivity contribution < 1.29 is 4.79 Å². The van der Waals surface area contributed by atoms with Gasteiger partial charge in [-0.25, -0.2) is 0 Å². The van der Waals surface area contributed by atoms with Crippen molar-refractivity contribution in [2.24, 2.45) is 11.3 Å². The summed E-state index contributed by atoms with van der Waals surface area (Å²) >= 11 is 0. The molecule has 16 heavy (non-hydrogen) atoms. The Morgan fingerprint density at radius 3 is 2.31 bits per heavy atom. The molecule has 0 aromatic carbocycles. The van der Waals surface area contributed by atoms with Gasteiger partial charge >= 0.3 is 0 Å². The molecular formula is C14H25NO. The molecule has 1 aliphatic rings. The number of carbonyl (C=O) groups is 1. The Morgan fingerprint density at radius 1 is 1.38 bits per heavy atom. The van der Waals surface area contributed by atoms with E-state index in [4.69, 9.17) is 0 Å². The lowest BCUT2D eigenvalue weighted by molar-refractivity contribution is -0.133. The van der Waals surface area contributed by atoms with Crippen molar-refractivity contribution in [2.45, 2.75) is 53.0 Å². The van der Waals surface area contributed by atoms with Crippen LogP contribution in [0.15, 0.2) is 12.7 Å². The van der Waals surface area contributed by atoms with Gasteiger partial charge in [0.05, 0.1) is 0 Å². The van der Waals surface area contributed by atoms with Crippen molar-refractivity contribution >= 4 is 5.91 Å². The number of hydrogen-bond donors (Lipinski definition) is 0. The predicted molar refractivity (Wildman–Crippen MR) is 68.2 cm³/mol. The van der Waals surface area contributed by atoms with E-state index in [1.807, 2.05) is 11.0 Å². The second-order valence-electron chi connectivity index (χ2n) is 6.75. The van der Waals surface area contributed by atoms with Gasteiger partial charge in [-0.1, -0.05) is 26.8 Å². The van der Waals surface area contributed by atoms with Crippen molar-refractivity contribution in [3.05, 3.63) is 12.7 Å². The first-order chi connectivity index (χ1) is 7.15. The van der Waals surface area contributed by atoms with Crippen LogP contribution in [0, 0.1) is 11.3 Å². The lowest BCUT2D eigenvalue weighted by atomic mass is 9.81. The smallest absolute Gasteiger partial charge is 0.223 e. The summed E-state index contributed by atoms with van der Waals surface area (Å²) < 4.78 is 0. The highest BCUT2D eigenvalue weighted by Crippen LogP contribution is 2.35. The van der Waals surface area contributed by atoms with Crippen LogP contribution in [0.5, 0.6) is 0 Å². The van der Waals surface area contributed by atoms with Gasteiger partial charge in [0.15, 0.2) is 0 Å². The summed E-state index contributed by atoms with van der Waals surface area (Å²) in [6.45, 7) is 15.6. The van der Waals surface area contributed by atoms with Crippen molar-refractivity contribution in [3.63, 3.8) is 0 Å². The van der Waals surface area contributed by atoms with Crippen LogP contribution in [-0.2, 0) is 4.79 Å². The van der Waals surface area contributed by atoms with Gasteiger partial charge in [-0.3, -0.25) is 4.79 Å². The molecule has 1 amide bonds. The van der Waals surface area contributed by atoms with Gasteiger partial charge < -0.3 is 4.90 Å². The molecule has 1 rings (SSSR count). The Morgan fingerprint density at radius 2 is 1.94 bits per heavy atom. The Kier molecular flexibility index (Phi) is 3.51. The molecule has 1 fully saturated rings.